The molecule has 0 saturated heterocycles. The lowest BCUT2D eigenvalue weighted by atomic mass is 10.2. The predicted octanol–water partition coefficient (Wildman–Crippen LogP) is 2.94. The third-order valence-corrected chi connectivity index (χ3v) is 2.60. The maximum atomic E-state index is 5.63. The Hall–Kier alpha value is -1.52. The van der Waals surface area contributed by atoms with Crippen molar-refractivity contribution in [2.24, 2.45) is 0 Å². The number of nitrogens with zero attached hydrogens (tertiary/aromatic N) is 2. The standard InChI is InChI=1S/C13H15ClN2O2/c1-16(2)7-8-17-11-5-3-10(4-6-11)12-9-15-13(14)18-12/h3-6,9H,7-8H2,1-2H3. The first kappa shape index (κ1) is 12.9. The molecule has 0 amide bonds. The molecule has 0 aliphatic rings. The molecule has 1 heterocycles. The maximum absolute atomic E-state index is 5.63. The van der Waals surface area contributed by atoms with E-state index in [1.165, 1.54) is 0 Å². The number of aromatic nitrogens is 1. The minimum atomic E-state index is 0.149. The molecule has 0 atom stereocenters. The Bertz CT molecular complexity index is 494. The molecule has 0 N–H and O–H groups in total. The van der Waals surface area contributed by atoms with E-state index >= 15 is 0 Å². The number of hydrogen-bond acceptors (Lipinski definition) is 4. The summed E-state index contributed by atoms with van der Waals surface area (Å²) in [4.78, 5) is 5.92. The molecule has 0 unspecified atom stereocenters. The van der Waals surface area contributed by atoms with Crippen LogP contribution < -0.4 is 4.74 Å². The fourth-order valence-corrected chi connectivity index (χ4v) is 1.58. The first-order valence-electron chi connectivity index (χ1n) is 5.64. The first-order chi connectivity index (χ1) is 8.65. The van der Waals surface area contributed by atoms with Crippen molar-refractivity contribution in [2.45, 2.75) is 0 Å². The van der Waals surface area contributed by atoms with Crippen LogP contribution >= 0.6 is 11.6 Å². The second-order valence-corrected chi connectivity index (χ2v) is 4.48. The number of rotatable bonds is 5. The molecule has 4 nitrogen and oxygen atoms in total. The average Bonchev–Trinajstić information content (AvgIpc) is 2.76. The molecule has 0 radical (unpaired) electrons. The largest absolute Gasteiger partial charge is 0.492 e. The summed E-state index contributed by atoms with van der Waals surface area (Å²) in [6, 6.07) is 7.65. The van der Waals surface area contributed by atoms with Crippen molar-refractivity contribution in [1.29, 1.82) is 0 Å². The van der Waals surface area contributed by atoms with Crippen LogP contribution in [0.3, 0.4) is 0 Å². The summed E-state index contributed by atoms with van der Waals surface area (Å²) < 4.78 is 10.8. The van der Waals surface area contributed by atoms with Crippen molar-refractivity contribution in [3.63, 3.8) is 0 Å². The summed E-state index contributed by atoms with van der Waals surface area (Å²) in [5.74, 6) is 1.49. The van der Waals surface area contributed by atoms with E-state index in [9.17, 15) is 0 Å². The molecule has 2 aromatic rings. The molecule has 0 fully saturated rings. The fourth-order valence-electron chi connectivity index (χ4n) is 1.45. The van der Waals surface area contributed by atoms with Gasteiger partial charge in [0.25, 0.3) is 5.35 Å². The lowest BCUT2D eigenvalue weighted by Crippen LogP contribution is -2.19. The van der Waals surface area contributed by atoms with Gasteiger partial charge in [0.15, 0.2) is 5.76 Å². The molecule has 1 aromatic carbocycles. The van der Waals surface area contributed by atoms with Gasteiger partial charge in [-0.3, -0.25) is 0 Å². The van der Waals surface area contributed by atoms with Crippen LogP contribution in [0.15, 0.2) is 34.9 Å². The van der Waals surface area contributed by atoms with E-state index in [2.05, 4.69) is 9.88 Å². The molecular formula is C13H15ClN2O2. The van der Waals surface area contributed by atoms with E-state index in [0.717, 1.165) is 17.9 Å². The lowest BCUT2D eigenvalue weighted by molar-refractivity contribution is 0.261. The van der Waals surface area contributed by atoms with E-state index in [0.29, 0.717) is 12.4 Å². The van der Waals surface area contributed by atoms with Gasteiger partial charge >= 0.3 is 0 Å². The van der Waals surface area contributed by atoms with Crippen molar-refractivity contribution in [3.05, 3.63) is 35.8 Å². The Labute approximate surface area is 111 Å². The highest BCUT2D eigenvalue weighted by Gasteiger charge is 2.04. The van der Waals surface area contributed by atoms with Gasteiger partial charge in [-0.2, -0.15) is 0 Å². The molecule has 96 valence electrons. The molecule has 2 rings (SSSR count). The van der Waals surface area contributed by atoms with Crippen LogP contribution in [0.5, 0.6) is 5.75 Å². The average molecular weight is 267 g/mol. The minimum Gasteiger partial charge on any atom is -0.492 e. The van der Waals surface area contributed by atoms with Crippen LogP contribution in [0.2, 0.25) is 5.35 Å². The Kier molecular flexibility index (Phi) is 4.23. The van der Waals surface area contributed by atoms with E-state index in [1.54, 1.807) is 6.20 Å². The number of benzene rings is 1. The van der Waals surface area contributed by atoms with E-state index in [1.807, 2.05) is 38.4 Å². The van der Waals surface area contributed by atoms with Gasteiger partial charge in [0, 0.05) is 12.1 Å². The van der Waals surface area contributed by atoms with Gasteiger partial charge in [0.2, 0.25) is 0 Å². The molecule has 0 aliphatic carbocycles. The Morgan fingerprint density at radius 1 is 1.28 bits per heavy atom. The molecule has 5 heteroatoms. The second kappa shape index (κ2) is 5.89. The van der Waals surface area contributed by atoms with E-state index < -0.39 is 0 Å². The number of oxazole rings is 1. The zero-order valence-corrected chi connectivity index (χ0v) is 11.1. The zero-order chi connectivity index (χ0) is 13.0. The van der Waals surface area contributed by atoms with Gasteiger partial charge in [-0.05, 0) is 50.0 Å². The smallest absolute Gasteiger partial charge is 0.292 e. The van der Waals surface area contributed by atoms with Crippen LogP contribution in [0.4, 0.5) is 0 Å². The van der Waals surface area contributed by atoms with Crippen molar-refractivity contribution in [1.82, 2.24) is 9.88 Å². The summed E-state index contributed by atoms with van der Waals surface area (Å²) >= 11 is 5.63. The van der Waals surface area contributed by atoms with E-state index in [4.69, 9.17) is 20.8 Å². The normalized spacial score (nSPS) is 10.9. The molecule has 0 saturated carbocycles. The van der Waals surface area contributed by atoms with Crippen LogP contribution in [-0.2, 0) is 0 Å². The zero-order valence-electron chi connectivity index (χ0n) is 10.4. The van der Waals surface area contributed by atoms with Gasteiger partial charge in [-0.25, -0.2) is 4.98 Å². The number of likely N-dealkylation sites (N-methyl/N-ethyl adjacent to an activating group) is 1. The topological polar surface area (TPSA) is 38.5 Å². The van der Waals surface area contributed by atoms with Crippen molar-refractivity contribution in [3.8, 4) is 17.1 Å². The van der Waals surface area contributed by atoms with E-state index in [-0.39, 0.29) is 5.35 Å². The van der Waals surface area contributed by atoms with Gasteiger partial charge in [-0.1, -0.05) is 0 Å². The number of hydrogen-bond donors (Lipinski definition) is 0. The monoisotopic (exact) mass is 266 g/mol. The fraction of sp³-hybridized carbons (Fsp3) is 0.308. The molecular weight excluding hydrogens is 252 g/mol. The van der Waals surface area contributed by atoms with Crippen LogP contribution in [0.25, 0.3) is 11.3 Å². The van der Waals surface area contributed by atoms with Gasteiger partial charge in [0.05, 0.1) is 6.20 Å². The van der Waals surface area contributed by atoms with Crippen molar-refractivity contribution in [2.75, 3.05) is 27.2 Å². The van der Waals surface area contributed by atoms with Crippen molar-refractivity contribution >= 4 is 11.6 Å². The van der Waals surface area contributed by atoms with Crippen LogP contribution in [0, 0.1) is 0 Å². The second-order valence-electron chi connectivity index (χ2n) is 4.15. The van der Waals surface area contributed by atoms with Crippen molar-refractivity contribution < 1.29 is 9.15 Å². The van der Waals surface area contributed by atoms with Gasteiger partial charge < -0.3 is 14.1 Å². The third-order valence-electron chi connectivity index (χ3n) is 2.42. The molecule has 0 bridgehead atoms. The van der Waals surface area contributed by atoms with Gasteiger partial charge in [-0.15, -0.1) is 0 Å². The van der Waals surface area contributed by atoms with Crippen LogP contribution in [0.1, 0.15) is 0 Å². The predicted molar refractivity (Wildman–Crippen MR) is 71.0 cm³/mol. The molecule has 0 spiro atoms. The quantitative estimate of drug-likeness (QED) is 0.834. The van der Waals surface area contributed by atoms with Crippen LogP contribution in [-0.4, -0.2) is 37.1 Å². The molecule has 18 heavy (non-hydrogen) atoms. The molecule has 1 aromatic heterocycles. The summed E-state index contributed by atoms with van der Waals surface area (Å²) in [5.41, 5.74) is 0.925. The highest BCUT2D eigenvalue weighted by atomic mass is 35.5. The maximum Gasteiger partial charge on any atom is 0.292 e. The summed E-state index contributed by atoms with van der Waals surface area (Å²) in [6.07, 6.45) is 1.60. The number of ether oxygens (including phenoxy) is 1. The summed E-state index contributed by atoms with van der Waals surface area (Å²) in [5, 5.41) is 0.149. The number of halogens is 1. The molecule has 0 aliphatic heterocycles. The summed E-state index contributed by atoms with van der Waals surface area (Å²) in [6.45, 7) is 1.56. The Balaban J connectivity index is 1.97. The third kappa shape index (κ3) is 3.48. The lowest BCUT2D eigenvalue weighted by Gasteiger charge is -2.10. The summed E-state index contributed by atoms with van der Waals surface area (Å²) in [7, 11) is 4.03. The highest BCUT2D eigenvalue weighted by Crippen LogP contribution is 2.24. The SMILES string of the molecule is CN(C)CCOc1ccc(-c2cnc(Cl)o2)cc1. The Morgan fingerprint density at radius 2 is 2.00 bits per heavy atom. The van der Waals surface area contributed by atoms with Gasteiger partial charge in [0.1, 0.15) is 12.4 Å². The Morgan fingerprint density at radius 3 is 2.56 bits per heavy atom. The highest BCUT2D eigenvalue weighted by molar-refractivity contribution is 6.27. The minimum absolute atomic E-state index is 0.149. The first-order valence-corrected chi connectivity index (χ1v) is 6.02.